The van der Waals surface area contributed by atoms with Gasteiger partial charge in [0, 0.05) is 36.6 Å². The zero-order valence-corrected chi connectivity index (χ0v) is 15.2. The van der Waals surface area contributed by atoms with Crippen molar-refractivity contribution in [3.05, 3.63) is 112 Å². The van der Waals surface area contributed by atoms with Gasteiger partial charge in [0.15, 0.2) is 0 Å². The van der Waals surface area contributed by atoms with E-state index in [9.17, 15) is 4.79 Å². The van der Waals surface area contributed by atoms with Crippen LogP contribution in [0.1, 0.15) is 22.4 Å². The molecule has 2 aromatic heterocycles. The number of nitriles is 1. The van der Waals surface area contributed by atoms with Crippen molar-refractivity contribution in [2.75, 3.05) is 0 Å². The normalized spacial score (nSPS) is 10.5. The number of pyridine rings is 1. The fourth-order valence-electron chi connectivity index (χ4n) is 3.18. The van der Waals surface area contributed by atoms with Gasteiger partial charge in [-0.2, -0.15) is 5.26 Å². The number of hydrogen-bond donors (Lipinski definition) is 1. The highest BCUT2D eigenvalue weighted by Gasteiger charge is 2.06. The largest absolute Gasteiger partial charge is 0.330 e. The number of H-pyrrole nitrogens is 1. The average Bonchev–Trinajstić information content (AvgIpc) is 3.16. The molecule has 2 aromatic carbocycles. The molecule has 136 valence electrons. The Labute approximate surface area is 162 Å². The van der Waals surface area contributed by atoms with Crippen LogP contribution in [0.3, 0.4) is 0 Å². The summed E-state index contributed by atoms with van der Waals surface area (Å²) in [6.45, 7) is 0.705. The molecule has 4 rings (SSSR count). The first kappa shape index (κ1) is 17.5. The van der Waals surface area contributed by atoms with Gasteiger partial charge in [-0.05, 0) is 41.0 Å². The zero-order valence-electron chi connectivity index (χ0n) is 15.2. The fraction of sp³-hybridized carbons (Fsp3) is 0.0870. The monoisotopic (exact) mass is 366 g/mol. The minimum Gasteiger partial charge on any atom is -0.330 e. The van der Waals surface area contributed by atoms with Crippen molar-refractivity contribution in [1.29, 1.82) is 5.26 Å². The Kier molecular flexibility index (Phi) is 4.85. The second-order valence-corrected chi connectivity index (χ2v) is 6.61. The summed E-state index contributed by atoms with van der Waals surface area (Å²) < 4.78 is 2.11. The third kappa shape index (κ3) is 3.76. The zero-order chi connectivity index (χ0) is 19.3. The smallest absolute Gasteiger partial charge is 0.255 e. The number of aromatic nitrogens is 3. The molecule has 5 nitrogen and oxygen atoms in total. The fourth-order valence-corrected chi connectivity index (χ4v) is 3.18. The van der Waals surface area contributed by atoms with Gasteiger partial charge in [-0.3, -0.25) is 4.79 Å². The summed E-state index contributed by atoms with van der Waals surface area (Å²) in [4.78, 5) is 18.9. The van der Waals surface area contributed by atoms with E-state index in [4.69, 9.17) is 5.26 Å². The number of nitrogens with one attached hydrogen (secondary N) is 1. The standard InChI is InChI=1S/C23H18N4O/c24-13-18-5-3-17(4-6-18)12-21-14-25-16-27(21)15-19-7-9-20(10-8-19)22-2-1-11-26-23(22)28/h1-11,14,16H,12,15H2,(H,26,28). The third-order valence-electron chi connectivity index (χ3n) is 4.70. The van der Waals surface area contributed by atoms with Gasteiger partial charge >= 0.3 is 0 Å². The molecule has 0 radical (unpaired) electrons. The SMILES string of the molecule is N#Cc1ccc(Cc2cncn2Cc2ccc(-c3ccc[nH]c3=O)cc2)cc1. The van der Waals surface area contributed by atoms with Gasteiger partial charge in [-0.25, -0.2) is 4.98 Å². The highest BCUT2D eigenvalue weighted by Crippen LogP contribution is 2.17. The summed E-state index contributed by atoms with van der Waals surface area (Å²) in [7, 11) is 0. The van der Waals surface area contributed by atoms with Crippen LogP contribution in [0, 0.1) is 11.3 Å². The van der Waals surface area contributed by atoms with E-state index in [2.05, 4.69) is 20.6 Å². The maximum atomic E-state index is 11.9. The molecule has 0 unspecified atom stereocenters. The number of rotatable bonds is 5. The molecule has 0 fully saturated rings. The minimum absolute atomic E-state index is 0.0884. The lowest BCUT2D eigenvalue weighted by molar-refractivity contribution is 0.753. The summed E-state index contributed by atoms with van der Waals surface area (Å²) in [6, 6.07) is 21.4. The maximum Gasteiger partial charge on any atom is 0.255 e. The Hall–Kier alpha value is -3.91. The van der Waals surface area contributed by atoms with E-state index in [0.29, 0.717) is 17.7 Å². The van der Waals surface area contributed by atoms with Crippen LogP contribution < -0.4 is 5.56 Å². The van der Waals surface area contributed by atoms with Crippen LogP contribution in [0.15, 0.2) is 84.2 Å². The lowest BCUT2D eigenvalue weighted by atomic mass is 10.1. The topological polar surface area (TPSA) is 74.5 Å². The molecule has 28 heavy (non-hydrogen) atoms. The molecular formula is C23H18N4O. The van der Waals surface area contributed by atoms with Crippen LogP contribution in [-0.4, -0.2) is 14.5 Å². The van der Waals surface area contributed by atoms with E-state index in [1.807, 2.05) is 73.2 Å². The van der Waals surface area contributed by atoms with Gasteiger partial charge in [-0.15, -0.1) is 0 Å². The maximum absolute atomic E-state index is 11.9. The molecule has 0 aliphatic rings. The third-order valence-corrected chi connectivity index (χ3v) is 4.70. The Balaban J connectivity index is 1.51. The van der Waals surface area contributed by atoms with Gasteiger partial charge in [0.2, 0.25) is 0 Å². The van der Waals surface area contributed by atoms with Crippen LogP contribution in [0.4, 0.5) is 0 Å². The van der Waals surface area contributed by atoms with E-state index in [1.165, 1.54) is 0 Å². The van der Waals surface area contributed by atoms with Crippen molar-refractivity contribution < 1.29 is 0 Å². The Bertz CT molecular complexity index is 1180. The summed E-state index contributed by atoms with van der Waals surface area (Å²) >= 11 is 0. The Morgan fingerprint density at radius 2 is 1.75 bits per heavy atom. The molecule has 0 spiro atoms. The molecule has 4 aromatic rings. The second-order valence-electron chi connectivity index (χ2n) is 6.61. The quantitative estimate of drug-likeness (QED) is 0.584. The van der Waals surface area contributed by atoms with E-state index < -0.39 is 0 Å². The Morgan fingerprint density at radius 3 is 2.46 bits per heavy atom. The second kappa shape index (κ2) is 7.77. The molecule has 0 saturated heterocycles. The molecule has 2 heterocycles. The molecule has 0 amide bonds. The first-order valence-corrected chi connectivity index (χ1v) is 8.98. The molecule has 0 aliphatic heterocycles. The lowest BCUT2D eigenvalue weighted by Gasteiger charge is -2.09. The number of imidazole rings is 1. The molecule has 0 saturated carbocycles. The molecular weight excluding hydrogens is 348 g/mol. The number of hydrogen-bond acceptors (Lipinski definition) is 3. The first-order valence-electron chi connectivity index (χ1n) is 8.98. The highest BCUT2D eigenvalue weighted by atomic mass is 16.1. The van der Waals surface area contributed by atoms with Crippen molar-refractivity contribution in [1.82, 2.24) is 14.5 Å². The molecule has 0 bridgehead atoms. The molecule has 5 heteroatoms. The average molecular weight is 366 g/mol. The van der Waals surface area contributed by atoms with Gasteiger partial charge in [0.1, 0.15) is 0 Å². The van der Waals surface area contributed by atoms with Crippen molar-refractivity contribution in [2.24, 2.45) is 0 Å². The molecule has 0 atom stereocenters. The van der Waals surface area contributed by atoms with Gasteiger partial charge < -0.3 is 9.55 Å². The van der Waals surface area contributed by atoms with Crippen LogP contribution in [0.25, 0.3) is 11.1 Å². The molecule has 0 aliphatic carbocycles. The van der Waals surface area contributed by atoms with Crippen LogP contribution in [0.2, 0.25) is 0 Å². The van der Waals surface area contributed by atoms with E-state index >= 15 is 0 Å². The van der Waals surface area contributed by atoms with Gasteiger partial charge in [0.05, 0.1) is 18.0 Å². The van der Waals surface area contributed by atoms with Crippen molar-refractivity contribution in [2.45, 2.75) is 13.0 Å². The highest BCUT2D eigenvalue weighted by molar-refractivity contribution is 5.62. The Morgan fingerprint density at radius 1 is 1.00 bits per heavy atom. The first-order chi connectivity index (χ1) is 13.7. The summed E-state index contributed by atoms with van der Waals surface area (Å²) in [5.74, 6) is 0. The summed E-state index contributed by atoms with van der Waals surface area (Å²) in [5.41, 5.74) is 5.51. The predicted octanol–water partition coefficient (Wildman–Crippen LogP) is 3.75. The van der Waals surface area contributed by atoms with E-state index in [1.54, 1.807) is 6.20 Å². The van der Waals surface area contributed by atoms with Crippen LogP contribution in [0.5, 0.6) is 0 Å². The summed E-state index contributed by atoms with van der Waals surface area (Å²) in [5, 5.41) is 8.92. The predicted molar refractivity (Wildman–Crippen MR) is 108 cm³/mol. The van der Waals surface area contributed by atoms with E-state index in [0.717, 1.165) is 28.8 Å². The van der Waals surface area contributed by atoms with Crippen molar-refractivity contribution >= 4 is 0 Å². The van der Waals surface area contributed by atoms with Crippen LogP contribution in [-0.2, 0) is 13.0 Å². The lowest BCUT2D eigenvalue weighted by Crippen LogP contribution is -2.07. The van der Waals surface area contributed by atoms with Gasteiger partial charge in [-0.1, -0.05) is 36.4 Å². The number of benzene rings is 2. The number of aromatic amines is 1. The summed E-state index contributed by atoms with van der Waals surface area (Å²) in [6.07, 6.45) is 6.09. The van der Waals surface area contributed by atoms with Crippen molar-refractivity contribution in [3.63, 3.8) is 0 Å². The number of nitrogens with zero attached hydrogens (tertiary/aromatic N) is 3. The van der Waals surface area contributed by atoms with Crippen LogP contribution >= 0.6 is 0 Å². The van der Waals surface area contributed by atoms with Gasteiger partial charge in [0.25, 0.3) is 5.56 Å². The van der Waals surface area contributed by atoms with Crippen molar-refractivity contribution in [3.8, 4) is 17.2 Å². The molecule has 1 N–H and O–H groups in total. The van der Waals surface area contributed by atoms with E-state index in [-0.39, 0.29) is 5.56 Å². The minimum atomic E-state index is -0.0884.